The molecule has 0 aromatic rings. The van der Waals surface area contributed by atoms with Gasteiger partial charge in [0.25, 0.3) is 0 Å². The molecule has 1 N–H and O–H groups in total. The Morgan fingerprint density at radius 3 is 2.12 bits per heavy atom. The van der Waals surface area contributed by atoms with Crippen LogP contribution in [0.3, 0.4) is 0 Å². The summed E-state index contributed by atoms with van der Waals surface area (Å²) < 4.78 is 5.06. The number of amides is 1. The zero-order chi connectivity index (χ0) is 12.4. The molecule has 1 amide bonds. The molecule has 0 spiro atoms. The minimum absolute atomic E-state index is 0. The van der Waals surface area contributed by atoms with Crippen molar-refractivity contribution in [1.82, 2.24) is 5.32 Å². The molecule has 1 radical (unpaired) electrons. The van der Waals surface area contributed by atoms with Crippen molar-refractivity contribution in [2.45, 2.75) is 34.8 Å². The van der Waals surface area contributed by atoms with Crippen molar-refractivity contribution in [3.05, 3.63) is 0 Å². The molecule has 0 rings (SSSR count). The number of hydrogen-bond acceptors (Lipinski definition) is 6. The van der Waals surface area contributed by atoms with Crippen LogP contribution in [0.5, 0.6) is 0 Å². The second-order valence-corrected chi connectivity index (χ2v) is 6.62. The zero-order valence-corrected chi connectivity index (χ0v) is 14.1. The van der Waals surface area contributed by atoms with E-state index in [1.54, 1.807) is 0 Å². The third-order valence-electron chi connectivity index (χ3n) is 1.75. The molecule has 0 aromatic carbocycles. The van der Waals surface area contributed by atoms with E-state index in [4.69, 9.17) is 4.74 Å². The minimum Gasteiger partial charge on any atom is -0.450 e. The van der Waals surface area contributed by atoms with Gasteiger partial charge in [-0.05, 0) is 25.7 Å². The molecule has 0 unspecified atom stereocenters. The van der Waals surface area contributed by atoms with E-state index >= 15 is 0 Å². The molecule has 3 nitrogen and oxygen atoms in total. The largest absolute Gasteiger partial charge is 0.450 e. The van der Waals surface area contributed by atoms with Crippen LogP contribution in [0.15, 0.2) is 0 Å². The van der Waals surface area contributed by atoms with Crippen LogP contribution in [0, 0.1) is 0 Å². The molecule has 0 fully saturated rings. The van der Waals surface area contributed by atoms with Gasteiger partial charge in [-0.2, -0.15) is 50.5 Å². The van der Waals surface area contributed by atoms with Gasteiger partial charge < -0.3 is 10.1 Å². The van der Waals surface area contributed by atoms with E-state index in [0.29, 0.717) is 13.2 Å². The summed E-state index contributed by atoms with van der Waals surface area (Å²) in [4.78, 5) is 11.1. The Hall–Kier alpha value is 1.19. The van der Waals surface area contributed by atoms with E-state index in [1.165, 1.54) is 0 Å². The summed E-state index contributed by atoms with van der Waals surface area (Å²) in [5.74, 6) is 0. The van der Waals surface area contributed by atoms with Crippen molar-refractivity contribution in [2.75, 3.05) is 13.2 Å². The van der Waals surface area contributed by atoms with Gasteiger partial charge in [0, 0.05) is 32.8 Å². The summed E-state index contributed by atoms with van der Waals surface area (Å²) in [5.41, 5.74) is 0. The van der Waals surface area contributed by atoms with Gasteiger partial charge in [-0.25, -0.2) is 4.79 Å². The molecule has 0 saturated carbocycles. The summed E-state index contributed by atoms with van der Waals surface area (Å²) in [6.45, 7) is 1.00. The van der Waals surface area contributed by atoms with Crippen LogP contribution in [-0.2, 0) is 21.8 Å². The standard InChI is InChI=1S/C9H19NO2S4.Mn/c11-9(10-5-1-3-7(13)14)12-6-2-4-8(15)16;/h7-8,13-16H,1-6H2,(H,10,11);. The molecular formula is C9H19MnNO2S4. The molecule has 0 atom stereocenters. The monoisotopic (exact) mass is 356 g/mol. The second-order valence-electron chi connectivity index (χ2n) is 3.31. The molecule has 0 saturated heterocycles. The summed E-state index contributed by atoms with van der Waals surface area (Å²) in [6, 6.07) is 0. The van der Waals surface area contributed by atoms with E-state index in [2.05, 4.69) is 55.8 Å². The fraction of sp³-hybridized carbons (Fsp3) is 0.889. The van der Waals surface area contributed by atoms with Crippen molar-refractivity contribution < 1.29 is 26.6 Å². The Labute approximate surface area is 136 Å². The summed E-state index contributed by atoms with van der Waals surface area (Å²) in [6.07, 6.45) is 2.93. The summed E-state index contributed by atoms with van der Waals surface area (Å²) in [5, 5.41) is 2.66. The van der Waals surface area contributed by atoms with Gasteiger partial charge in [0.15, 0.2) is 0 Å². The third-order valence-corrected chi connectivity index (χ3v) is 2.78. The van der Waals surface area contributed by atoms with E-state index < -0.39 is 0 Å². The normalized spacial score (nSPS) is 10.2. The van der Waals surface area contributed by atoms with Crippen molar-refractivity contribution in [3.63, 3.8) is 0 Å². The predicted molar refractivity (Wildman–Crippen MR) is 81.3 cm³/mol. The van der Waals surface area contributed by atoms with E-state index in [9.17, 15) is 4.79 Å². The maximum absolute atomic E-state index is 11.1. The number of nitrogens with one attached hydrogen (secondary N) is 1. The van der Waals surface area contributed by atoms with Crippen molar-refractivity contribution in [1.29, 1.82) is 0 Å². The summed E-state index contributed by atoms with van der Waals surface area (Å²) in [7, 11) is 0. The fourth-order valence-electron chi connectivity index (χ4n) is 0.957. The van der Waals surface area contributed by atoms with Crippen LogP contribution in [-0.4, -0.2) is 28.4 Å². The number of ether oxygens (including phenoxy) is 1. The first-order valence-corrected chi connectivity index (χ1v) is 7.22. The molecule has 0 heterocycles. The maximum Gasteiger partial charge on any atom is 0.407 e. The zero-order valence-electron chi connectivity index (χ0n) is 9.38. The third kappa shape index (κ3) is 17.2. The Bertz CT molecular complexity index is 178. The molecule has 0 bridgehead atoms. The quantitative estimate of drug-likeness (QED) is 0.201. The molecule has 0 aliphatic carbocycles. The van der Waals surface area contributed by atoms with Gasteiger partial charge in [0.05, 0.1) is 6.61 Å². The molecule has 0 aromatic heterocycles. The van der Waals surface area contributed by atoms with Gasteiger partial charge in [-0.1, -0.05) is 0 Å². The Morgan fingerprint density at radius 2 is 1.59 bits per heavy atom. The van der Waals surface area contributed by atoms with E-state index in [0.717, 1.165) is 25.7 Å². The molecule has 0 aliphatic rings. The Morgan fingerprint density at radius 1 is 1.06 bits per heavy atom. The minimum atomic E-state index is -0.371. The average molecular weight is 356 g/mol. The van der Waals surface area contributed by atoms with Crippen LogP contribution in [0.1, 0.15) is 25.7 Å². The Kier molecular flexibility index (Phi) is 16.4. The van der Waals surface area contributed by atoms with Gasteiger partial charge in [0.1, 0.15) is 0 Å². The first-order chi connectivity index (χ1) is 7.52. The SMILES string of the molecule is O=C(NCCCC(S)S)OCCCC(S)S.[Mn]. The molecule has 0 aliphatic heterocycles. The van der Waals surface area contributed by atoms with Gasteiger partial charge in [0.2, 0.25) is 0 Å². The smallest absolute Gasteiger partial charge is 0.407 e. The molecular weight excluding hydrogens is 337 g/mol. The number of rotatable bonds is 8. The first kappa shape index (κ1) is 20.5. The Balaban J connectivity index is 0. The number of hydrogen-bond donors (Lipinski definition) is 5. The van der Waals surface area contributed by atoms with Crippen molar-refractivity contribution in [2.24, 2.45) is 0 Å². The topological polar surface area (TPSA) is 38.3 Å². The van der Waals surface area contributed by atoms with Gasteiger partial charge in [-0.15, -0.1) is 0 Å². The molecule has 8 heteroatoms. The van der Waals surface area contributed by atoms with Crippen LogP contribution < -0.4 is 5.32 Å². The average Bonchev–Trinajstić information content (AvgIpc) is 2.19. The molecule has 103 valence electrons. The number of carbonyl (C=O) groups is 1. The number of thiol groups is 4. The van der Waals surface area contributed by atoms with Crippen LogP contribution in [0.25, 0.3) is 0 Å². The summed E-state index contributed by atoms with van der Waals surface area (Å²) >= 11 is 16.4. The number of carbonyl (C=O) groups excluding carboxylic acids is 1. The maximum atomic E-state index is 11.1. The van der Waals surface area contributed by atoms with Crippen molar-refractivity contribution >= 4 is 56.6 Å². The molecule has 17 heavy (non-hydrogen) atoms. The van der Waals surface area contributed by atoms with Crippen molar-refractivity contribution in [3.8, 4) is 0 Å². The predicted octanol–water partition coefficient (Wildman–Crippen LogP) is 2.64. The van der Waals surface area contributed by atoms with E-state index in [1.807, 2.05) is 0 Å². The van der Waals surface area contributed by atoms with Gasteiger partial charge in [-0.3, -0.25) is 0 Å². The van der Waals surface area contributed by atoms with Gasteiger partial charge >= 0.3 is 6.09 Å². The fourth-order valence-corrected chi connectivity index (χ4v) is 1.69. The van der Waals surface area contributed by atoms with Crippen LogP contribution in [0.2, 0.25) is 0 Å². The number of alkyl carbamates (subject to hydrolysis) is 1. The second kappa shape index (κ2) is 13.6. The van der Waals surface area contributed by atoms with E-state index in [-0.39, 0.29) is 32.3 Å². The van der Waals surface area contributed by atoms with Crippen LogP contribution in [0.4, 0.5) is 4.79 Å². The van der Waals surface area contributed by atoms with Crippen LogP contribution >= 0.6 is 50.5 Å². The first-order valence-electron chi connectivity index (χ1n) is 5.15.